The summed E-state index contributed by atoms with van der Waals surface area (Å²) in [5.41, 5.74) is 13.2. The number of nitrogens with two attached hydrogens (primary N) is 1. The van der Waals surface area contributed by atoms with E-state index in [1.807, 2.05) is 44.2 Å². The van der Waals surface area contributed by atoms with E-state index in [1.165, 1.54) is 37.7 Å². The van der Waals surface area contributed by atoms with Gasteiger partial charge < -0.3 is 30.5 Å². The lowest BCUT2D eigenvalue weighted by Crippen LogP contribution is -2.52. The van der Waals surface area contributed by atoms with Gasteiger partial charge in [-0.25, -0.2) is 9.50 Å². The van der Waals surface area contributed by atoms with E-state index in [0.717, 1.165) is 62.0 Å². The highest BCUT2D eigenvalue weighted by atomic mass is 16.5. The predicted molar refractivity (Wildman–Crippen MR) is 244 cm³/mol. The molecule has 5 amide bonds. The number of nitrogens with one attached hydrogen (secondary N) is 2. The molecule has 2 aromatic carbocycles. The van der Waals surface area contributed by atoms with Crippen molar-refractivity contribution in [1.82, 2.24) is 34.6 Å². The van der Waals surface area contributed by atoms with Gasteiger partial charge in [0.25, 0.3) is 11.8 Å². The molecule has 4 N–H and O–H groups in total. The van der Waals surface area contributed by atoms with Gasteiger partial charge in [-0.2, -0.15) is 5.10 Å². The number of hydrogen-bond donors (Lipinski definition) is 3. The summed E-state index contributed by atoms with van der Waals surface area (Å²) in [7, 11) is 1.64. The molecular weight excluding hydrogens is 811 g/mol. The molecule has 338 valence electrons. The Morgan fingerprint density at radius 2 is 1.77 bits per heavy atom. The van der Waals surface area contributed by atoms with E-state index in [-0.39, 0.29) is 41.3 Å². The van der Waals surface area contributed by atoms with Crippen molar-refractivity contribution < 1.29 is 28.7 Å². The summed E-state index contributed by atoms with van der Waals surface area (Å²) in [4.78, 5) is 71.2. The molecule has 6 heterocycles. The minimum absolute atomic E-state index is 0.0351. The smallest absolute Gasteiger partial charge is 0.259 e. The first-order valence-electron chi connectivity index (χ1n) is 22.7. The quantitative estimate of drug-likeness (QED) is 0.0674. The van der Waals surface area contributed by atoms with Crippen LogP contribution in [0.25, 0.3) is 5.52 Å². The van der Waals surface area contributed by atoms with Crippen LogP contribution in [0.2, 0.25) is 0 Å². The average Bonchev–Trinajstić information content (AvgIpc) is 3.82. The van der Waals surface area contributed by atoms with Crippen LogP contribution in [0.15, 0.2) is 48.8 Å². The van der Waals surface area contributed by atoms with Gasteiger partial charge in [-0.3, -0.25) is 29.3 Å². The first kappa shape index (κ1) is 45.9. The SMILES string of the molecule is CCCCCN1CCC(c2ccc3c(c2)CN(C2CCC(=O)NC2=O)C3=O)CC1.COCc1ccc(NC(=O)c2c(C#CC3CCN(C=O)CC3)c(C(C)C)n3ncnc(N)c23)cc1. The van der Waals surface area contributed by atoms with Crippen LogP contribution in [0.4, 0.5) is 11.5 Å². The largest absolute Gasteiger partial charge is 0.382 e. The second kappa shape index (κ2) is 21.0. The maximum absolute atomic E-state index is 13.6. The molecule has 0 radical (unpaired) electrons. The number of aromatic nitrogens is 3. The fourth-order valence-electron chi connectivity index (χ4n) is 9.31. The lowest BCUT2D eigenvalue weighted by atomic mass is 9.88. The van der Waals surface area contributed by atoms with Gasteiger partial charge in [0.2, 0.25) is 18.2 Å². The topological polar surface area (TPSA) is 185 Å². The standard InChI is InChI=1S/C26H30N6O3.C23H31N3O3/c1-17(2)23-21(9-6-18-10-12-31(16-33)13-11-18)22(24-25(27)28-15-29-32(23)24)26(34)30-20-7-4-19(5-8-20)14-35-3;1-2-3-4-11-25-12-9-16(10-13-25)17-5-6-19-18(14-17)15-26(23(19)29)20-7-8-21(27)24-22(20)28/h4-5,7-8,15-18H,10-14H2,1-3H3,(H,30,34)(H2,27,28,29);5-6,14,16,20H,2-4,7-13,15H2,1H3,(H,24,27,28). The first-order chi connectivity index (χ1) is 31.0. The summed E-state index contributed by atoms with van der Waals surface area (Å²) in [6.45, 7) is 12.1. The predicted octanol–water partition coefficient (Wildman–Crippen LogP) is 5.87. The van der Waals surface area contributed by atoms with E-state index in [0.29, 0.717) is 72.9 Å². The van der Waals surface area contributed by atoms with E-state index in [4.69, 9.17) is 10.5 Å². The molecular formula is C49H61N9O6. The van der Waals surface area contributed by atoms with Gasteiger partial charge in [0.1, 0.15) is 17.9 Å². The number of carbonyl (C=O) groups is 5. The minimum Gasteiger partial charge on any atom is -0.382 e. The second-order valence-corrected chi connectivity index (χ2v) is 17.6. The van der Waals surface area contributed by atoms with Crippen LogP contribution in [0, 0.1) is 17.8 Å². The van der Waals surface area contributed by atoms with Crippen molar-refractivity contribution in [2.45, 2.75) is 110 Å². The molecule has 0 bridgehead atoms. The zero-order chi connectivity index (χ0) is 45.3. The number of anilines is 2. The molecule has 0 saturated carbocycles. The number of hydrogen-bond acceptors (Lipinski definition) is 10. The molecule has 1 unspecified atom stereocenters. The average molecular weight is 872 g/mol. The molecule has 0 aliphatic carbocycles. The monoisotopic (exact) mass is 871 g/mol. The van der Waals surface area contributed by atoms with Gasteiger partial charge in [-0.05, 0) is 105 Å². The van der Waals surface area contributed by atoms with Crippen LogP contribution >= 0.6 is 0 Å². The van der Waals surface area contributed by atoms with E-state index in [2.05, 4.69) is 56.5 Å². The van der Waals surface area contributed by atoms with E-state index < -0.39 is 6.04 Å². The molecule has 2 aromatic heterocycles. The van der Waals surface area contributed by atoms with E-state index in [9.17, 15) is 24.0 Å². The maximum Gasteiger partial charge on any atom is 0.259 e. The first-order valence-corrected chi connectivity index (χ1v) is 22.7. The van der Waals surface area contributed by atoms with Crippen LogP contribution in [0.1, 0.15) is 139 Å². The highest BCUT2D eigenvalue weighted by Crippen LogP contribution is 2.35. The molecule has 15 nitrogen and oxygen atoms in total. The molecule has 4 aliphatic heterocycles. The lowest BCUT2D eigenvalue weighted by Gasteiger charge is -2.32. The van der Waals surface area contributed by atoms with Crippen molar-refractivity contribution in [2.75, 3.05) is 50.9 Å². The number of imide groups is 1. The highest BCUT2D eigenvalue weighted by molar-refractivity contribution is 6.13. The number of ether oxygens (including phenoxy) is 1. The van der Waals surface area contributed by atoms with Crippen LogP contribution in [-0.4, -0.2) is 105 Å². The number of nitrogens with zero attached hydrogens (tertiary/aromatic N) is 6. The number of carbonyl (C=O) groups excluding carboxylic acids is 5. The van der Waals surface area contributed by atoms with Crippen LogP contribution in [0.5, 0.6) is 0 Å². The lowest BCUT2D eigenvalue weighted by molar-refractivity contribution is -0.137. The summed E-state index contributed by atoms with van der Waals surface area (Å²) in [5, 5.41) is 9.74. The number of amides is 5. The van der Waals surface area contributed by atoms with Crippen molar-refractivity contribution in [3.05, 3.63) is 87.9 Å². The summed E-state index contributed by atoms with van der Waals surface area (Å²) >= 11 is 0. The van der Waals surface area contributed by atoms with Crippen LogP contribution in [0.3, 0.4) is 0 Å². The Bertz CT molecular complexity index is 2400. The molecule has 0 spiro atoms. The number of methoxy groups -OCH3 is 1. The summed E-state index contributed by atoms with van der Waals surface area (Å²) in [6.07, 6.45) is 10.8. The zero-order valence-electron chi connectivity index (χ0n) is 37.5. The van der Waals surface area contributed by atoms with Crippen LogP contribution in [-0.2, 0) is 32.3 Å². The molecule has 4 aliphatic rings. The Morgan fingerprint density at radius 1 is 1.02 bits per heavy atom. The Morgan fingerprint density at radius 3 is 2.44 bits per heavy atom. The van der Waals surface area contributed by atoms with Gasteiger partial charge in [-0.1, -0.05) is 69.7 Å². The second-order valence-electron chi connectivity index (χ2n) is 17.6. The van der Waals surface area contributed by atoms with Crippen molar-refractivity contribution in [1.29, 1.82) is 0 Å². The van der Waals surface area contributed by atoms with Gasteiger partial charge in [0, 0.05) is 50.3 Å². The molecule has 15 heteroatoms. The number of likely N-dealkylation sites (tertiary alicyclic amines) is 2. The zero-order valence-corrected chi connectivity index (χ0v) is 37.5. The number of benzene rings is 2. The highest BCUT2D eigenvalue weighted by Gasteiger charge is 2.39. The molecule has 64 heavy (non-hydrogen) atoms. The Hall–Kier alpha value is -6.11. The van der Waals surface area contributed by atoms with Gasteiger partial charge in [0.05, 0.1) is 23.4 Å². The van der Waals surface area contributed by atoms with Crippen molar-refractivity contribution >= 4 is 47.1 Å². The fourth-order valence-corrected chi connectivity index (χ4v) is 9.31. The Kier molecular flexibility index (Phi) is 15.1. The molecule has 3 saturated heterocycles. The Balaban J connectivity index is 0.000000195. The molecule has 8 rings (SSSR count). The fraction of sp³-hybridized carbons (Fsp3) is 0.490. The van der Waals surface area contributed by atoms with Crippen LogP contribution < -0.4 is 16.4 Å². The van der Waals surface area contributed by atoms with E-state index in [1.54, 1.807) is 21.4 Å². The van der Waals surface area contributed by atoms with Gasteiger partial charge in [-0.15, -0.1) is 0 Å². The van der Waals surface area contributed by atoms with E-state index >= 15 is 0 Å². The molecule has 3 fully saturated rings. The normalized spacial score (nSPS) is 18.3. The summed E-state index contributed by atoms with van der Waals surface area (Å²) in [5.74, 6) is 6.57. The number of rotatable bonds is 12. The minimum atomic E-state index is -0.539. The number of unbranched alkanes of at least 4 members (excludes halogenated alkanes) is 2. The third-order valence-corrected chi connectivity index (χ3v) is 12.9. The van der Waals surface area contributed by atoms with Gasteiger partial charge >= 0.3 is 0 Å². The van der Waals surface area contributed by atoms with Gasteiger partial charge in [0.15, 0.2) is 5.82 Å². The molecule has 4 aromatic rings. The third-order valence-electron chi connectivity index (χ3n) is 12.9. The number of nitrogen functional groups attached to an aromatic ring is 1. The number of fused-ring (bicyclic) bond motifs is 2. The van der Waals surface area contributed by atoms with Crippen molar-refractivity contribution in [2.24, 2.45) is 5.92 Å². The summed E-state index contributed by atoms with van der Waals surface area (Å²) in [6, 6.07) is 13.1. The number of piperidine rings is 3. The maximum atomic E-state index is 13.6. The third kappa shape index (κ3) is 10.5. The van der Waals surface area contributed by atoms with Crippen molar-refractivity contribution in [3.8, 4) is 11.8 Å². The molecule has 1 atom stereocenters. The van der Waals surface area contributed by atoms with Crippen molar-refractivity contribution in [3.63, 3.8) is 0 Å². The summed E-state index contributed by atoms with van der Waals surface area (Å²) < 4.78 is 6.84. The Labute approximate surface area is 375 Å².